The number of carbonyl (C=O) groups is 1. The Morgan fingerprint density at radius 2 is 1.82 bits per heavy atom. The minimum atomic E-state index is -3.70. The largest absolute Gasteiger partial charge is 0.479 e. The van der Waals surface area contributed by atoms with Gasteiger partial charge in [0.2, 0.25) is 5.37 Å². The van der Waals surface area contributed by atoms with Gasteiger partial charge in [-0.15, -0.1) is 0 Å². The zero-order valence-corrected chi connectivity index (χ0v) is 7.13. The predicted molar refractivity (Wildman–Crippen MR) is 39.7 cm³/mol. The second-order valence-electron chi connectivity index (χ2n) is 2.40. The number of sulfone groups is 1. The fourth-order valence-electron chi connectivity index (χ4n) is 0.434. The summed E-state index contributed by atoms with van der Waals surface area (Å²) < 4.78 is 21.9. The van der Waals surface area contributed by atoms with Crippen molar-refractivity contribution in [2.45, 2.75) is 24.5 Å². The van der Waals surface area contributed by atoms with Gasteiger partial charge in [0.1, 0.15) is 0 Å². The van der Waals surface area contributed by atoms with Crippen LogP contribution in [0.1, 0.15) is 13.8 Å². The van der Waals surface area contributed by atoms with Gasteiger partial charge < -0.3 is 10.8 Å². The number of carboxylic acid groups (broad SMARTS) is 1. The van der Waals surface area contributed by atoms with E-state index in [4.69, 9.17) is 10.8 Å². The van der Waals surface area contributed by atoms with E-state index in [9.17, 15) is 13.2 Å². The van der Waals surface area contributed by atoms with Gasteiger partial charge in [0.05, 0.1) is 5.25 Å². The van der Waals surface area contributed by atoms with Gasteiger partial charge in [-0.1, -0.05) is 0 Å². The van der Waals surface area contributed by atoms with Crippen molar-refractivity contribution in [1.29, 1.82) is 0 Å². The summed E-state index contributed by atoms with van der Waals surface area (Å²) in [4.78, 5) is 10.1. The van der Waals surface area contributed by atoms with Crippen molar-refractivity contribution < 1.29 is 18.3 Å². The van der Waals surface area contributed by atoms with Crippen LogP contribution in [0.5, 0.6) is 0 Å². The number of hydrogen-bond acceptors (Lipinski definition) is 4. The maximum atomic E-state index is 11.0. The van der Waals surface area contributed by atoms with Crippen LogP contribution in [0.25, 0.3) is 0 Å². The SMILES string of the molecule is CC(C)S(=O)(=O)C(N)C(=O)O. The molecule has 0 saturated carbocycles. The summed E-state index contributed by atoms with van der Waals surface area (Å²) >= 11 is 0. The van der Waals surface area contributed by atoms with Crippen LogP contribution in [0.2, 0.25) is 0 Å². The zero-order chi connectivity index (χ0) is 9.23. The Bertz CT molecular complexity index is 243. The van der Waals surface area contributed by atoms with Crippen molar-refractivity contribution in [3.8, 4) is 0 Å². The number of nitrogens with two attached hydrogens (primary N) is 1. The summed E-state index contributed by atoms with van der Waals surface area (Å²) in [5.74, 6) is -1.52. The van der Waals surface area contributed by atoms with E-state index in [1.165, 1.54) is 13.8 Å². The van der Waals surface area contributed by atoms with Gasteiger partial charge >= 0.3 is 5.97 Å². The quantitative estimate of drug-likeness (QED) is 0.592. The van der Waals surface area contributed by atoms with Crippen LogP contribution in [0, 0.1) is 0 Å². The average Bonchev–Trinajstić information content (AvgIpc) is 1.85. The molecule has 1 unspecified atom stereocenters. The molecule has 66 valence electrons. The molecule has 0 aromatic heterocycles. The molecule has 0 radical (unpaired) electrons. The smallest absolute Gasteiger partial charge is 0.336 e. The normalized spacial score (nSPS) is 14.9. The highest BCUT2D eigenvalue weighted by Gasteiger charge is 2.30. The molecule has 1 atom stereocenters. The summed E-state index contributed by atoms with van der Waals surface area (Å²) in [6, 6.07) is 0. The molecule has 0 heterocycles. The number of carboxylic acids is 1. The van der Waals surface area contributed by atoms with E-state index >= 15 is 0 Å². The molecule has 0 bridgehead atoms. The second-order valence-corrected chi connectivity index (χ2v) is 5.03. The number of hydrogen-bond donors (Lipinski definition) is 2. The molecule has 0 aromatic carbocycles. The molecule has 3 N–H and O–H groups in total. The van der Waals surface area contributed by atoms with Crippen molar-refractivity contribution in [1.82, 2.24) is 0 Å². The lowest BCUT2D eigenvalue weighted by atomic mass is 10.6. The zero-order valence-electron chi connectivity index (χ0n) is 6.31. The van der Waals surface area contributed by atoms with Crippen molar-refractivity contribution >= 4 is 15.8 Å². The molecule has 0 amide bonds. The van der Waals surface area contributed by atoms with Gasteiger partial charge in [0.15, 0.2) is 9.84 Å². The summed E-state index contributed by atoms with van der Waals surface area (Å²) in [6.07, 6.45) is 0. The highest BCUT2D eigenvalue weighted by Crippen LogP contribution is 2.04. The van der Waals surface area contributed by atoms with Crippen LogP contribution < -0.4 is 5.73 Å². The summed E-state index contributed by atoms with van der Waals surface area (Å²) in [5, 5.41) is 5.70. The molecule has 0 aliphatic rings. The van der Waals surface area contributed by atoms with Crippen LogP contribution in [0.15, 0.2) is 0 Å². The molecule has 0 aromatic rings. The van der Waals surface area contributed by atoms with E-state index in [0.717, 1.165) is 0 Å². The lowest BCUT2D eigenvalue weighted by molar-refractivity contribution is -0.136. The fraction of sp³-hybridized carbons (Fsp3) is 0.800. The molecule has 0 aliphatic carbocycles. The maximum absolute atomic E-state index is 11.0. The van der Waals surface area contributed by atoms with Crippen LogP contribution in [0.3, 0.4) is 0 Å². The van der Waals surface area contributed by atoms with E-state index in [-0.39, 0.29) is 0 Å². The molecular formula is C5H11NO4S. The van der Waals surface area contributed by atoms with Crippen molar-refractivity contribution in [2.75, 3.05) is 0 Å². The van der Waals surface area contributed by atoms with Gasteiger partial charge in [-0.05, 0) is 13.8 Å². The van der Waals surface area contributed by atoms with Crippen molar-refractivity contribution in [2.24, 2.45) is 5.73 Å². The Balaban J connectivity index is 4.72. The molecule has 0 spiro atoms. The lowest BCUT2D eigenvalue weighted by Crippen LogP contribution is -2.42. The average molecular weight is 181 g/mol. The topological polar surface area (TPSA) is 97.5 Å². The minimum Gasteiger partial charge on any atom is -0.479 e. The third-order valence-electron chi connectivity index (χ3n) is 1.25. The van der Waals surface area contributed by atoms with E-state index in [1.54, 1.807) is 0 Å². The Kier molecular flexibility index (Phi) is 3.01. The lowest BCUT2D eigenvalue weighted by Gasteiger charge is -2.10. The first-order valence-electron chi connectivity index (χ1n) is 3.01. The molecular weight excluding hydrogens is 170 g/mol. The third kappa shape index (κ3) is 2.16. The Hall–Kier alpha value is -0.620. The van der Waals surface area contributed by atoms with Gasteiger partial charge in [-0.25, -0.2) is 13.2 Å². The first kappa shape index (κ1) is 10.4. The molecule has 5 nitrogen and oxygen atoms in total. The summed E-state index contributed by atoms with van der Waals surface area (Å²) in [6.45, 7) is 2.77. The Labute approximate surface area is 65.1 Å². The molecule has 11 heavy (non-hydrogen) atoms. The van der Waals surface area contributed by atoms with Gasteiger partial charge in [0.25, 0.3) is 0 Å². The van der Waals surface area contributed by atoms with E-state index in [1.807, 2.05) is 0 Å². The van der Waals surface area contributed by atoms with Crippen molar-refractivity contribution in [3.05, 3.63) is 0 Å². The molecule has 6 heteroatoms. The van der Waals surface area contributed by atoms with Crippen LogP contribution in [-0.4, -0.2) is 30.1 Å². The number of aliphatic carboxylic acids is 1. The van der Waals surface area contributed by atoms with Crippen LogP contribution in [-0.2, 0) is 14.6 Å². The Morgan fingerprint density at radius 3 is 1.91 bits per heavy atom. The number of rotatable bonds is 3. The first-order valence-corrected chi connectivity index (χ1v) is 4.62. The monoisotopic (exact) mass is 181 g/mol. The van der Waals surface area contributed by atoms with Gasteiger partial charge in [-0.3, -0.25) is 0 Å². The van der Waals surface area contributed by atoms with Crippen LogP contribution >= 0.6 is 0 Å². The summed E-state index contributed by atoms with van der Waals surface area (Å²) in [7, 11) is -3.70. The van der Waals surface area contributed by atoms with E-state index < -0.39 is 26.4 Å². The van der Waals surface area contributed by atoms with E-state index in [0.29, 0.717) is 0 Å². The summed E-state index contributed by atoms with van der Waals surface area (Å²) in [5.41, 5.74) is 4.91. The second kappa shape index (κ2) is 3.19. The molecule has 0 saturated heterocycles. The van der Waals surface area contributed by atoms with Crippen LogP contribution in [0.4, 0.5) is 0 Å². The molecule has 0 aliphatic heterocycles. The van der Waals surface area contributed by atoms with E-state index in [2.05, 4.69) is 0 Å². The highest BCUT2D eigenvalue weighted by atomic mass is 32.2. The fourth-order valence-corrected chi connectivity index (χ4v) is 1.30. The molecule has 0 rings (SSSR count). The predicted octanol–water partition coefficient (Wildman–Crippen LogP) is -0.821. The van der Waals surface area contributed by atoms with Gasteiger partial charge in [0, 0.05) is 0 Å². The Morgan fingerprint density at radius 1 is 1.45 bits per heavy atom. The standard InChI is InChI=1S/C5H11NO4S/c1-3(2)11(9,10)4(6)5(7)8/h3-4H,6H2,1-2H3,(H,7,8). The first-order chi connectivity index (χ1) is 4.80. The van der Waals surface area contributed by atoms with Crippen molar-refractivity contribution in [3.63, 3.8) is 0 Å². The third-order valence-corrected chi connectivity index (χ3v) is 3.48. The highest BCUT2D eigenvalue weighted by molar-refractivity contribution is 7.93. The van der Waals surface area contributed by atoms with Gasteiger partial charge in [-0.2, -0.15) is 0 Å². The minimum absolute atomic E-state index is 0.756. The molecule has 0 fully saturated rings. The maximum Gasteiger partial charge on any atom is 0.336 e.